The number of rotatable bonds is 6. The molecule has 29 heavy (non-hydrogen) atoms. The van der Waals surface area contributed by atoms with Gasteiger partial charge in [-0.05, 0) is 36.8 Å². The maximum absolute atomic E-state index is 12.9. The number of benzene rings is 2. The number of amides is 3. The number of para-hydroxylation sites is 1. The number of carbonyl (C=O) groups excluding carboxylic acids is 3. The van der Waals surface area contributed by atoms with Gasteiger partial charge < -0.3 is 15.0 Å². The number of hydrogen-bond donors (Lipinski definition) is 2. The lowest BCUT2D eigenvalue weighted by molar-refractivity contribution is -0.127. The first-order valence-electron chi connectivity index (χ1n) is 9.32. The first-order valence-corrected chi connectivity index (χ1v) is 9.32. The van der Waals surface area contributed by atoms with Crippen LogP contribution in [0.25, 0.3) is 10.9 Å². The highest BCUT2D eigenvalue weighted by Crippen LogP contribution is 2.25. The Labute approximate surface area is 167 Å². The molecule has 0 bridgehead atoms. The van der Waals surface area contributed by atoms with Crippen LogP contribution in [0.15, 0.2) is 48.7 Å². The minimum absolute atomic E-state index is 0.0410. The maximum atomic E-state index is 12.9. The number of hydrogen-bond acceptors (Lipinski definition) is 4. The number of imide groups is 1. The lowest BCUT2D eigenvalue weighted by atomic mass is 10.0. The van der Waals surface area contributed by atoms with E-state index < -0.39 is 12.1 Å². The Balaban J connectivity index is 1.56. The fourth-order valence-electron chi connectivity index (χ4n) is 3.68. The van der Waals surface area contributed by atoms with Crippen LogP contribution in [-0.4, -0.2) is 40.8 Å². The zero-order valence-corrected chi connectivity index (χ0v) is 16.2. The normalized spacial score (nSPS) is 16.3. The third-order valence-electron chi connectivity index (χ3n) is 5.22. The van der Waals surface area contributed by atoms with Crippen LogP contribution >= 0.6 is 0 Å². The largest absolute Gasteiger partial charge is 0.496 e. The first kappa shape index (κ1) is 18.7. The molecule has 1 aromatic heterocycles. The monoisotopic (exact) mass is 391 g/mol. The van der Waals surface area contributed by atoms with Crippen molar-refractivity contribution in [2.24, 2.45) is 0 Å². The topological polar surface area (TPSA) is 91.5 Å². The van der Waals surface area contributed by atoms with E-state index in [1.54, 1.807) is 18.2 Å². The summed E-state index contributed by atoms with van der Waals surface area (Å²) in [5.41, 5.74) is 3.07. The Kier molecular flexibility index (Phi) is 4.80. The van der Waals surface area contributed by atoms with Gasteiger partial charge in [0.2, 0.25) is 0 Å². The predicted octanol–water partition coefficient (Wildman–Crippen LogP) is 3.04. The molecular weight excluding hydrogens is 370 g/mol. The third kappa shape index (κ3) is 3.47. The number of urea groups is 1. The molecule has 0 unspecified atom stereocenters. The van der Waals surface area contributed by atoms with Gasteiger partial charge in [-0.2, -0.15) is 0 Å². The number of ketones is 1. The lowest BCUT2D eigenvalue weighted by Crippen LogP contribution is -2.32. The molecule has 1 atom stereocenters. The molecule has 2 heterocycles. The zero-order chi connectivity index (χ0) is 20.5. The van der Waals surface area contributed by atoms with Crippen molar-refractivity contribution in [2.45, 2.75) is 25.9 Å². The molecule has 148 valence electrons. The van der Waals surface area contributed by atoms with Crippen LogP contribution in [-0.2, 0) is 17.8 Å². The third-order valence-corrected chi connectivity index (χ3v) is 5.22. The standard InChI is InChI=1S/C22H21N3O4/c1-13(26)14-7-8-20(29-2)16(9-14)12-25-21(27)19(24-22(25)28)10-15-11-23-18-6-4-3-5-17(15)18/h3-9,11,19,23H,10,12H2,1-2H3,(H,24,28)/t19-/m1/s1. The number of methoxy groups -OCH3 is 1. The number of aromatic nitrogens is 1. The van der Waals surface area contributed by atoms with E-state index in [0.29, 0.717) is 23.3 Å². The van der Waals surface area contributed by atoms with Crippen LogP contribution in [0, 0.1) is 0 Å². The molecule has 3 aromatic rings. The molecule has 2 aromatic carbocycles. The quantitative estimate of drug-likeness (QED) is 0.499. The SMILES string of the molecule is COc1ccc(C(C)=O)cc1CN1C(=O)N[C@H](Cc2c[nH]c3ccccc23)C1=O. The lowest BCUT2D eigenvalue weighted by Gasteiger charge is -2.16. The Morgan fingerprint density at radius 3 is 2.69 bits per heavy atom. The van der Waals surface area contributed by atoms with Gasteiger partial charge in [-0.1, -0.05) is 18.2 Å². The van der Waals surface area contributed by atoms with Crippen molar-refractivity contribution in [1.82, 2.24) is 15.2 Å². The van der Waals surface area contributed by atoms with Gasteiger partial charge in [-0.15, -0.1) is 0 Å². The molecule has 4 rings (SSSR count). The molecule has 2 N–H and O–H groups in total. The summed E-state index contributed by atoms with van der Waals surface area (Å²) < 4.78 is 5.34. The van der Waals surface area contributed by atoms with Crippen molar-refractivity contribution in [1.29, 1.82) is 0 Å². The van der Waals surface area contributed by atoms with Crippen LogP contribution < -0.4 is 10.1 Å². The van der Waals surface area contributed by atoms with E-state index in [0.717, 1.165) is 16.5 Å². The van der Waals surface area contributed by atoms with E-state index in [4.69, 9.17) is 4.74 Å². The number of ether oxygens (including phenoxy) is 1. The van der Waals surface area contributed by atoms with Gasteiger partial charge >= 0.3 is 6.03 Å². The van der Waals surface area contributed by atoms with Gasteiger partial charge in [0.05, 0.1) is 13.7 Å². The van der Waals surface area contributed by atoms with Gasteiger partial charge in [0, 0.05) is 34.6 Å². The van der Waals surface area contributed by atoms with E-state index in [9.17, 15) is 14.4 Å². The van der Waals surface area contributed by atoms with E-state index in [1.807, 2.05) is 30.5 Å². The number of nitrogens with one attached hydrogen (secondary N) is 2. The van der Waals surface area contributed by atoms with E-state index in [1.165, 1.54) is 18.9 Å². The van der Waals surface area contributed by atoms with Gasteiger partial charge in [-0.25, -0.2) is 4.79 Å². The van der Waals surface area contributed by atoms with Crippen LogP contribution in [0.1, 0.15) is 28.4 Å². The van der Waals surface area contributed by atoms with Gasteiger partial charge in [0.25, 0.3) is 5.91 Å². The zero-order valence-electron chi connectivity index (χ0n) is 16.2. The maximum Gasteiger partial charge on any atom is 0.325 e. The molecule has 0 aliphatic carbocycles. The second kappa shape index (κ2) is 7.43. The number of nitrogens with zero attached hydrogens (tertiary/aromatic N) is 1. The van der Waals surface area contributed by atoms with Crippen LogP contribution in [0.3, 0.4) is 0 Å². The number of carbonyl (C=O) groups is 3. The second-order valence-electron chi connectivity index (χ2n) is 7.07. The highest BCUT2D eigenvalue weighted by atomic mass is 16.5. The average molecular weight is 391 g/mol. The minimum atomic E-state index is -0.635. The van der Waals surface area contributed by atoms with Crippen LogP contribution in [0.2, 0.25) is 0 Å². The van der Waals surface area contributed by atoms with E-state index in [2.05, 4.69) is 10.3 Å². The summed E-state index contributed by atoms with van der Waals surface area (Å²) in [6.45, 7) is 1.51. The number of Topliss-reactive ketones (excluding diaryl/α,β-unsaturated/α-hetero) is 1. The van der Waals surface area contributed by atoms with Crippen molar-refractivity contribution in [3.63, 3.8) is 0 Å². The smallest absolute Gasteiger partial charge is 0.325 e. The summed E-state index contributed by atoms with van der Waals surface area (Å²) in [4.78, 5) is 41.5. The molecule has 1 fully saturated rings. The van der Waals surface area contributed by atoms with Gasteiger partial charge in [0.15, 0.2) is 5.78 Å². The summed E-state index contributed by atoms with van der Waals surface area (Å²) in [6, 6.07) is 11.7. The molecule has 7 nitrogen and oxygen atoms in total. The van der Waals surface area contributed by atoms with Crippen molar-refractivity contribution in [3.05, 3.63) is 65.4 Å². The Morgan fingerprint density at radius 1 is 1.14 bits per heavy atom. The summed E-state index contributed by atoms with van der Waals surface area (Å²) in [6.07, 6.45) is 2.27. The summed E-state index contributed by atoms with van der Waals surface area (Å²) in [5.74, 6) is 0.134. The van der Waals surface area contributed by atoms with Crippen molar-refractivity contribution >= 4 is 28.6 Å². The second-order valence-corrected chi connectivity index (χ2v) is 7.07. The minimum Gasteiger partial charge on any atom is -0.496 e. The molecule has 1 aliphatic rings. The highest BCUT2D eigenvalue weighted by molar-refractivity contribution is 6.04. The highest BCUT2D eigenvalue weighted by Gasteiger charge is 2.38. The number of fused-ring (bicyclic) bond motifs is 1. The van der Waals surface area contributed by atoms with Crippen molar-refractivity contribution in [3.8, 4) is 5.75 Å². The Bertz CT molecular complexity index is 1120. The fraction of sp³-hybridized carbons (Fsp3) is 0.227. The molecule has 7 heteroatoms. The van der Waals surface area contributed by atoms with Crippen LogP contribution in [0.5, 0.6) is 5.75 Å². The summed E-state index contributed by atoms with van der Waals surface area (Å²) in [7, 11) is 1.51. The van der Waals surface area contributed by atoms with E-state index >= 15 is 0 Å². The van der Waals surface area contributed by atoms with Crippen LogP contribution in [0.4, 0.5) is 4.79 Å². The van der Waals surface area contributed by atoms with Gasteiger partial charge in [0.1, 0.15) is 11.8 Å². The number of aromatic amines is 1. The fourth-order valence-corrected chi connectivity index (χ4v) is 3.68. The molecule has 0 radical (unpaired) electrons. The van der Waals surface area contributed by atoms with Gasteiger partial charge in [-0.3, -0.25) is 14.5 Å². The molecule has 1 saturated heterocycles. The summed E-state index contributed by atoms with van der Waals surface area (Å²) in [5, 5.41) is 3.80. The van der Waals surface area contributed by atoms with E-state index in [-0.39, 0.29) is 18.2 Å². The Morgan fingerprint density at radius 2 is 1.93 bits per heavy atom. The Hall–Kier alpha value is -3.61. The average Bonchev–Trinajstić information content (AvgIpc) is 3.24. The molecule has 1 aliphatic heterocycles. The first-order chi connectivity index (χ1) is 14.0. The predicted molar refractivity (Wildman–Crippen MR) is 108 cm³/mol. The molecule has 0 spiro atoms. The number of H-pyrrole nitrogens is 1. The molecule has 0 saturated carbocycles. The van der Waals surface area contributed by atoms with Crippen molar-refractivity contribution in [2.75, 3.05) is 7.11 Å². The molecular formula is C22H21N3O4. The van der Waals surface area contributed by atoms with Crippen molar-refractivity contribution < 1.29 is 19.1 Å². The summed E-state index contributed by atoms with van der Waals surface area (Å²) >= 11 is 0. The molecule has 3 amide bonds.